The summed E-state index contributed by atoms with van der Waals surface area (Å²) < 4.78 is 16.4. The molecule has 0 heterocycles. The minimum absolute atomic E-state index is 0.0576. The summed E-state index contributed by atoms with van der Waals surface area (Å²) in [7, 11) is 3.39. The molecule has 0 saturated carbocycles. The van der Waals surface area contributed by atoms with Gasteiger partial charge in [-0.15, -0.1) is 0 Å². The maximum Gasteiger partial charge on any atom is 0.124 e. The molecule has 0 aliphatic rings. The predicted octanol–water partition coefficient (Wildman–Crippen LogP) is 3.39. The molecule has 0 fully saturated rings. The average molecular weight is 295 g/mol. The Balaban J connectivity index is 2.80. The summed E-state index contributed by atoms with van der Waals surface area (Å²) in [5, 5.41) is 3.49. The highest BCUT2D eigenvalue weighted by Crippen LogP contribution is 2.26. The molecule has 4 heteroatoms. The van der Waals surface area contributed by atoms with Crippen LogP contribution in [0, 0.1) is 0 Å². The first-order valence-corrected chi connectivity index (χ1v) is 7.43. The molecule has 1 rings (SSSR count). The van der Waals surface area contributed by atoms with E-state index in [0.29, 0.717) is 6.61 Å². The SMILES string of the molecule is COCCC(C)Oc1ccc(OC)cc1CNC(C)(C)C. The standard InChI is InChI=1S/C17H29NO3/c1-13(9-10-19-5)21-16-8-7-15(20-6)11-14(16)12-18-17(2,3)4/h7-8,11,13,18H,9-10,12H2,1-6H3. The van der Waals surface area contributed by atoms with Crippen LogP contribution in [0.25, 0.3) is 0 Å². The normalized spacial score (nSPS) is 13.0. The van der Waals surface area contributed by atoms with Crippen molar-refractivity contribution in [3.05, 3.63) is 23.8 Å². The molecule has 21 heavy (non-hydrogen) atoms. The van der Waals surface area contributed by atoms with Gasteiger partial charge in [-0.05, 0) is 45.9 Å². The molecule has 0 spiro atoms. The van der Waals surface area contributed by atoms with E-state index in [1.807, 2.05) is 18.2 Å². The summed E-state index contributed by atoms with van der Waals surface area (Å²) in [6.45, 7) is 9.95. The van der Waals surface area contributed by atoms with Gasteiger partial charge in [-0.3, -0.25) is 0 Å². The molecule has 1 unspecified atom stereocenters. The molecule has 4 nitrogen and oxygen atoms in total. The first-order chi connectivity index (χ1) is 9.85. The van der Waals surface area contributed by atoms with Crippen molar-refractivity contribution in [2.24, 2.45) is 0 Å². The second kappa shape index (κ2) is 8.25. The highest BCUT2D eigenvalue weighted by atomic mass is 16.5. The van der Waals surface area contributed by atoms with Crippen molar-refractivity contribution >= 4 is 0 Å². The molecule has 1 aromatic carbocycles. The molecule has 0 radical (unpaired) electrons. The summed E-state index contributed by atoms with van der Waals surface area (Å²) >= 11 is 0. The van der Waals surface area contributed by atoms with Gasteiger partial charge in [-0.2, -0.15) is 0 Å². The van der Waals surface area contributed by atoms with E-state index in [2.05, 4.69) is 33.0 Å². The van der Waals surface area contributed by atoms with Crippen molar-refractivity contribution in [3.63, 3.8) is 0 Å². The Morgan fingerprint density at radius 1 is 1.19 bits per heavy atom. The third kappa shape index (κ3) is 6.82. The zero-order valence-electron chi connectivity index (χ0n) is 14.2. The molecule has 0 aliphatic carbocycles. The van der Waals surface area contributed by atoms with E-state index in [0.717, 1.165) is 30.0 Å². The molecule has 0 bridgehead atoms. The van der Waals surface area contributed by atoms with Crippen LogP contribution >= 0.6 is 0 Å². The first kappa shape index (κ1) is 17.8. The second-order valence-electron chi connectivity index (χ2n) is 6.29. The van der Waals surface area contributed by atoms with Gasteiger partial charge in [0, 0.05) is 37.8 Å². The Morgan fingerprint density at radius 3 is 2.48 bits per heavy atom. The minimum atomic E-state index is 0.0576. The molecule has 1 atom stereocenters. The van der Waals surface area contributed by atoms with Gasteiger partial charge in [-0.1, -0.05) is 0 Å². The van der Waals surface area contributed by atoms with Crippen molar-refractivity contribution in [2.75, 3.05) is 20.8 Å². The second-order valence-corrected chi connectivity index (χ2v) is 6.29. The van der Waals surface area contributed by atoms with Crippen molar-refractivity contribution in [1.29, 1.82) is 0 Å². The molecule has 0 saturated heterocycles. The number of rotatable bonds is 8. The van der Waals surface area contributed by atoms with Crippen LogP contribution in [0.3, 0.4) is 0 Å². The average Bonchev–Trinajstić information content (AvgIpc) is 2.43. The van der Waals surface area contributed by atoms with Crippen LogP contribution in [0.4, 0.5) is 0 Å². The van der Waals surface area contributed by atoms with Gasteiger partial charge in [-0.25, -0.2) is 0 Å². The summed E-state index contributed by atoms with van der Waals surface area (Å²) in [5.74, 6) is 1.74. The van der Waals surface area contributed by atoms with Gasteiger partial charge in [0.25, 0.3) is 0 Å². The van der Waals surface area contributed by atoms with E-state index < -0.39 is 0 Å². The third-order valence-electron chi connectivity index (χ3n) is 3.13. The maximum atomic E-state index is 6.04. The van der Waals surface area contributed by atoms with Crippen LogP contribution in [-0.4, -0.2) is 32.5 Å². The molecular formula is C17H29NO3. The topological polar surface area (TPSA) is 39.7 Å². The molecule has 0 amide bonds. The number of methoxy groups -OCH3 is 2. The fraction of sp³-hybridized carbons (Fsp3) is 0.647. The van der Waals surface area contributed by atoms with Crippen LogP contribution in [-0.2, 0) is 11.3 Å². The number of ether oxygens (including phenoxy) is 3. The highest BCUT2D eigenvalue weighted by molar-refractivity contribution is 5.40. The van der Waals surface area contributed by atoms with E-state index in [1.165, 1.54) is 0 Å². The summed E-state index contributed by atoms with van der Waals surface area (Å²) in [6.07, 6.45) is 0.987. The number of benzene rings is 1. The smallest absolute Gasteiger partial charge is 0.124 e. The molecule has 0 aromatic heterocycles. The molecular weight excluding hydrogens is 266 g/mol. The Hall–Kier alpha value is -1.26. The minimum Gasteiger partial charge on any atom is -0.497 e. The maximum absolute atomic E-state index is 6.04. The predicted molar refractivity (Wildman–Crippen MR) is 86.2 cm³/mol. The van der Waals surface area contributed by atoms with Gasteiger partial charge in [0.15, 0.2) is 0 Å². The van der Waals surface area contributed by atoms with Crippen LogP contribution in [0.1, 0.15) is 39.7 Å². The van der Waals surface area contributed by atoms with Crippen LogP contribution in [0.5, 0.6) is 11.5 Å². The quantitative estimate of drug-likeness (QED) is 0.798. The zero-order valence-corrected chi connectivity index (χ0v) is 14.2. The molecule has 0 aliphatic heterocycles. The molecule has 1 N–H and O–H groups in total. The summed E-state index contributed by atoms with van der Waals surface area (Å²) in [6, 6.07) is 5.93. The largest absolute Gasteiger partial charge is 0.497 e. The third-order valence-corrected chi connectivity index (χ3v) is 3.13. The van der Waals surface area contributed by atoms with E-state index in [-0.39, 0.29) is 11.6 Å². The van der Waals surface area contributed by atoms with Crippen molar-refractivity contribution in [1.82, 2.24) is 5.32 Å². The van der Waals surface area contributed by atoms with Gasteiger partial charge < -0.3 is 19.5 Å². The summed E-state index contributed by atoms with van der Waals surface area (Å²) in [5.41, 5.74) is 1.16. The summed E-state index contributed by atoms with van der Waals surface area (Å²) in [4.78, 5) is 0. The highest BCUT2D eigenvalue weighted by Gasteiger charge is 2.13. The van der Waals surface area contributed by atoms with Crippen LogP contribution in [0.2, 0.25) is 0 Å². The van der Waals surface area contributed by atoms with Crippen LogP contribution < -0.4 is 14.8 Å². The number of hydrogen-bond donors (Lipinski definition) is 1. The van der Waals surface area contributed by atoms with Gasteiger partial charge >= 0.3 is 0 Å². The Kier molecular flexibility index (Phi) is 6.99. The van der Waals surface area contributed by atoms with Gasteiger partial charge in [0.2, 0.25) is 0 Å². The number of nitrogens with one attached hydrogen (secondary N) is 1. The lowest BCUT2D eigenvalue weighted by Crippen LogP contribution is -2.35. The van der Waals surface area contributed by atoms with E-state index >= 15 is 0 Å². The Morgan fingerprint density at radius 2 is 1.90 bits per heavy atom. The van der Waals surface area contributed by atoms with E-state index in [4.69, 9.17) is 14.2 Å². The van der Waals surface area contributed by atoms with E-state index in [9.17, 15) is 0 Å². The first-order valence-electron chi connectivity index (χ1n) is 7.43. The lowest BCUT2D eigenvalue weighted by atomic mass is 10.1. The van der Waals surface area contributed by atoms with Gasteiger partial charge in [0.1, 0.15) is 11.5 Å². The molecule has 120 valence electrons. The number of hydrogen-bond acceptors (Lipinski definition) is 4. The monoisotopic (exact) mass is 295 g/mol. The fourth-order valence-corrected chi connectivity index (χ4v) is 1.86. The van der Waals surface area contributed by atoms with Gasteiger partial charge in [0.05, 0.1) is 13.2 Å². The van der Waals surface area contributed by atoms with Crippen molar-refractivity contribution < 1.29 is 14.2 Å². The van der Waals surface area contributed by atoms with E-state index in [1.54, 1.807) is 14.2 Å². The Labute approximate surface area is 128 Å². The zero-order chi connectivity index (χ0) is 15.9. The molecule has 1 aromatic rings. The fourth-order valence-electron chi connectivity index (χ4n) is 1.86. The lowest BCUT2D eigenvalue weighted by molar-refractivity contribution is 0.134. The van der Waals surface area contributed by atoms with Crippen molar-refractivity contribution in [3.8, 4) is 11.5 Å². The lowest BCUT2D eigenvalue weighted by Gasteiger charge is -2.23. The van der Waals surface area contributed by atoms with Crippen LogP contribution in [0.15, 0.2) is 18.2 Å². The van der Waals surface area contributed by atoms with Crippen molar-refractivity contribution in [2.45, 2.75) is 52.3 Å². The Bertz CT molecular complexity index is 427.